The monoisotopic (exact) mass is 451 g/mol. The Morgan fingerprint density at radius 2 is 1.64 bits per heavy atom. The molecule has 0 saturated heterocycles. The largest absolute Gasteiger partial charge is 0.465 e. The number of rotatable bonds is 7. The van der Waals surface area contributed by atoms with Gasteiger partial charge in [-0.3, -0.25) is 9.48 Å². The number of nitrogens with one attached hydrogen (secondary N) is 1. The normalized spacial score (nSPS) is 10.9. The number of amides is 1. The van der Waals surface area contributed by atoms with Crippen molar-refractivity contribution in [3.05, 3.63) is 89.5 Å². The third-order valence-electron chi connectivity index (χ3n) is 4.94. The van der Waals surface area contributed by atoms with Crippen molar-refractivity contribution in [3.8, 4) is 5.75 Å². The average molecular weight is 451 g/mol. The van der Waals surface area contributed by atoms with Crippen molar-refractivity contribution < 1.29 is 27.8 Å². The Labute approximate surface area is 187 Å². The molecule has 0 atom stereocenters. The average Bonchev–Trinajstić information content (AvgIpc) is 3.16. The lowest BCUT2D eigenvalue weighted by atomic mass is 10.1. The highest BCUT2D eigenvalue weighted by Crippen LogP contribution is 2.25. The molecular weight excluding hydrogens is 432 g/mol. The lowest BCUT2D eigenvalue weighted by molar-refractivity contribution is -0.0498. The molecule has 0 aliphatic heterocycles. The molecule has 4 aromatic rings. The number of methoxy groups -OCH3 is 1. The number of anilines is 1. The number of carbonyl (C=O) groups is 2. The Balaban J connectivity index is 1.55. The van der Waals surface area contributed by atoms with Crippen molar-refractivity contribution >= 4 is 28.6 Å². The first kappa shape index (κ1) is 21.9. The van der Waals surface area contributed by atoms with Gasteiger partial charge in [-0.15, -0.1) is 0 Å². The minimum Gasteiger partial charge on any atom is -0.465 e. The van der Waals surface area contributed by atoms with Crippen molar-refractivity contribution in [2.45, 2.75) is 13.2 Å². The quantitative estimate of drug-likeness (QED) is 0.411. The second-order valence-corrected chi connectivity index (χ2v) is 7.07. The maximum Gasteiger partial charge on any atom is 0.387 e. The summed E-state index contributed by atoms with van der Waals surface area (Å²) < 4.78 is 35.5. The first-order valence-electron chi connectivity index (χ1n) is 9.93. The number of halogens is 2. The number of carbonyl (C=O) groups excluding carboxylic acids is 2. The molecular formula is C24H19F2N3O4. The molecule has 168 valence electrons. The summed E-state index contributed by atoms with van der Waals surface area (Å²) in [5, 5.41) is 8.09. The fraction of sp³-hybridized carbons (Fsp3) is 0.125. The number of ether oxygens (including phenoxy) is 2. The van der Waals surface area contributed by atoms with Crippen LogP contribution in [0.25, 0.3) is 10.9 Å². The van der Waals surface area contributed by atoms with Gasteiger partial charge in [-0.05, 0) is 54.1 Å². The van der Waals surface area contributed by atoms with Gasteiger partial charge in [-0.1, -0.05) is 24.3 Å². The maximum atomic E-state index is 12.7. The predicted octanol–water partition coefficient (Wildman–Crippen LogP) is 4.72. The lowest BCUT2D eigenvalue weighted by Crippen LogP contribution is -2.13. The van der Waals surface area contributed by atoms with Gasteiger partial charge < -0.3 is 14.8 Å². The molecule has 0 spiro atoms. The van der Waals surface area contributed by atoms with E-state index in [1.807, 2.05) is 24.3 Å². The van der Waals surface area contributed by atoms with Gasteiger partial charge in [0, 0.05) is 10.9 Å². The molecule has 1 N–H and O–H groups in total. The molecule has 3 aromatic carbocycles. The molecule has 1 heterocycles. The summed E-state index contributed by atoms with van der Waals surface area (Å²) in [5.41, 5.74) is 2.31. The fourth-order valence-corrected chi connectivity index (χ4v) is 3.34. The van der Waals surface area contributed by atoms with E-state index >= 15 is 0 Å². The minimum absolute atomic E-state index is 0.0743. The van der Waals surface area contributed by atoms with Gasteiger partial charge >= 0.3 is 12.6 Å². The Hall–Kier alpha value is -4.27. The molecule has 4 rings (SSSR count). The second-order valence-electron chi connectivity index (χ2n) is 7.07. The van der Waals surface area contributed by atoms with E-state index in [0.717, 1.165) is 16.5 Å². The minimum atomic E-state index is -2.88. The van der Waals surface area contributed by atoms with Crippen LogP contribution in [0.4, 0.5) is 14.6 Å². The number of para-hydroxylation sites is 1. The fourth-order valence-electron chi connectivity index (χ4n) is 3.34. The van der Waals surface area contributed by atoms with E-state index < -0.39 is 12.6 Å². The van der Waals surface area contributed by atoms with Crippen molar-refractivity contribution in [1.29, 1.82) is 0 Å². The van der Waals surface area contributed by atoms with E-state index in [9.17, 15) is 18.4 Å². The molecule has 33 heavy (non-hydrogen) atoms. The van der Waals surface area contributed by atoms with Gasteiger partial charge in [-0.25, -0.2) is 4.79 Å². The predicted molar refractivity (Wildman–Crippen MR) is 118 cm³/mol. The molecule has 0 bridgehead atoms. The van der Waals surface area contributed by atoms with Gasteiger partial charge in [0.25, 0.3) is 5.91 Å². The molecule has 0 aliphatic carbocycles. The highest BCUT2D eigenvalue weighted by molar-refractivity contribution is 6.08. The van der Waals surface area contributed by atoms with Crippen LogP contribution in [0, 0.1) is 0 Å². The molecule has 0 saturated carbocycles. The van der Waals surface area contributed by atoms with Crippen LogP contribution in [0.15, 0.2) is 72.8 Å². The van der Waals surface area contributed by atoms with Crippen molar-refractivity contribution in [3.63, 3.8) is 0 Å². The summed E-state index contributed by atoms with van der Waals surface area (Å²) >= 11 is 0. The summed E-state index contributed by atoms with van der Waals surface area (Å²) in [4.78, 5) is 24.3. The SMILES string of the molecule is COC(=O)c1ccc(C(=O)Nc2nn(Cc3ccc(OC(F)F)cc3)c3ccccc23)cc1. The van der Waals surface area contributed by atoms with Crippen molar-refractivity contribution in [2.75, 3.05) is 12.4 Å². The van der Waals surface area contributed by atoms with E-state index in [1.165, 1.54) is 43.5 Å². The van der Waals surface area contributed by atoms with Crippen LogP contribution in [0.5, 0.6) is 5.75 Å². The Morgan fingerprint density at radius 1 is 0.970 bits per heavy atom. The number of hydrogen-bond acceptors (Lipinski definition) is 5. The number of benzene rings is 3. The molecule has 0 radical (unpaired) electrons. The lowest BCUT2D eigenvalue weighted by Gasteiger charge is -2.07. The van der Waals surface area contributed by atoms with E-state index in [2.05, 4.69) is 19.9 Å². The van der Waals surface area contributed by atoms with Crippen LogP contribution in [-0.2, 0) is 11.3 Å². The summed E-state index contributed by atoms with van der Waals surface area (Å²) in [7, 11) is 1.29. The second kappa shape index (κ2) is 9.47. The van der Waals surface area contributed by atoms with E-state index in [1.54, 1.807) is 16.8 Å². The van der Waals surface area contributed by atoms with Gasteiger partial charge in [0.15, 0.2) is 5.82 Å². The molecule has 1 aromatic heterocycles. The van der Waals surface area contributed by atoms with Gasteiger partial charge in [0.2, 0.25) is 0 Å². The number of alkyl halides is 2. The molecule has 0 aliphatic rings. The van der Waals surface area contributed by atoms with Crippen LogP contribution >= 0.6 is 0 Å². The first-order valence-corrected chi connectivity index (χ1v) is 9.93. The molecule has 0 unspecified atom stereocenters. The summed E-state index contributed by atoms with van der Waals surface area (Å²) in [6, 6.07) is 19.8. The van der Waals surface area contributed by atoms with Crippen LogP contribution in [-0.4, -0.2) is 35.4 Å². The number of aromatic nitrogens is 2. The van der Waals surface area contributed by atoms with Crippen LogP contribution in [0.2, 0.25) is 0 Å². The van der Waals surface area contributed by atoms with Crippen molar-refractivity contribution in [1.82, 2.24) is 9.78 Å². The third kappa shape index (κ3) is 4.98. The van der Waals surface area contributed by atoms with Crippen LogP contribution in [0.3, 0.4) is 0 Å². The van der Waals surface area contributed by atoms with E-state index in [4.69, 9.17) is 0 Å². The smallest absolute Gasteiger partial charge is 0.387 e. The molecule has 1 amide bonds. The zero-order chi connectivity index (χ0) is 23.4. The number of fused-ring (bicyclic) bond motifs is 1. The zero-order valence-corrected chi connectivity index (χ0v) is 17.5. The molecule has 7 nitrogen and oxygen atoms in total. The summed E-state index contributed by atoms with van der Waals surface area (Å²) in [6.07, 6.45) is 0. The van der Waals surface area contributed by atoms with E-state index in [0.29, 0.717) is 23.5 Å². The topological polar surface area (TPSA) is 82.5 Å². The maximum absolute atomic E-state index is 12.7. The van der Waals surface area contributed by atoms with E-state index in [-0.39, 0.29) is 11.7 Å². The Morgan fingerprint density at radius 3 is 2.30 bits per heavy atom. The molecule has 0 fully saturated rings. The highest BCUT2D eigenvalue weighted by Gasteiger charge is 2.15. The van der Waals surface area contributed by atoms with Gasteiger partial charge in [-0.2, -0.15) is 13.9 Å². The highest BCUT2D eigenvalue weighted by atomic mass is 19.3. The Kier molecular flexibility index (Phi) is 6.30. The Bertz CT molecular complexity index is 1290. The first-order chi connectivity index (χ1) is 15.9. The number of esters is 1. The zero-order valence-electron chi connectivity index (χ0n) is 17.5. The van der Waals surface area contributed by atoms with Gasteiger partial charge in [0.05, 0.1) is 24.7 Å². The third-order valence-corrected chi connectivity index (χ3v) is 4.94. The van der Waals surface area contributed by atoms with Gasteiger partial charge in [0.1, 0.15) is 5.75 Å². The summed E-state index contributed by atoms with van der Waals surface area (Å²) in [6.45, 7) is -2.52. The standard InChI is InChI=1S/C24H19F2N3O4/c1-32-23(31)17-10-8-16(9-11-17)22(30)27-21-19-4-2-3-5-20(19)29(28-21)14-15-6-12-18(13-7-15)33-24(25)26/h2-13,24H,14H2,1H3,(H,27,28,30). The number of nitrogens with zero attached hydrogens (tertiary/aromatic N) is 2. The summed E-state index contributed by atoms with van der Waals surface area (Å²) in [5.74, 6) is -0.411. The molecule has 9 heteroatoms. The van der Waals surface area contributed by atoms with Crippen LogP contribution < -0.4 is 10.1 Å². The number of hydrogen-bond donors (Lipinski definition) is 1. The van der Waals surface area contributed by atoms with Crippen molar-refractivity contribution in [2.24, 2.45) is 0 Å². The van der Waals surface area contributed by atoms with Crippen LogP contribution in [0.1, 0.15) is 26.3 Å².